The smallest absolute Gasteiger partial charge is 0.237 e. The molecule has 5 nitrogen and oxygen atoms in total. The number of ether oxygens (including phenoxy) is 1. The largest absolute Gasteiger partial charge is 0.497 e. The zero-order chi connectivity index (χ0) is 15.9. The van der Waals surface area contributed by atoms with Crippen molar-refractivity contribution in [2.75, 3.05) is 26.7 Å². The van der Waals surface area contributed by atoms with Crippen molar-refractivity contribution < 1.29 is 14.6 Å². The molecule has 2 N–H and O–H groups in total. The Hall–Kier alpha value is -1.59. The highest BCUT2D eigenvalue weighted by molar-refractivity contribution is 5.81. The minimum atomic E-state index is -0.303. The number of hydrogen-bond acceptors (Lipinski definition) is 4. The number of methoxy groups -OCH3 is 1. The number of rotatable bonds is 6. The maximum absolute atomic E-state index is 12.2. The summed E-state index contributed by atoms with van der Waals surface area (Å²) in [6, 6.07) is 7.68. The number of hydrogen-bond donors (Lipinski definition) is 2. The third kappa shape index (κ3) is 4.71. The molecule has 0 aromatic heterocycles. The average Bonchev–Trinajstić information content (AvgIpc) is 2.54. The molecule has 1 aliphatic rings. The molecule has 0 aliphatic carbocycles. The van der Waals surface area contributed by atoms with Crippen LogP contribution < -0.4 is 10.1 Å². The first-order chi connectivity index (χ1) is 10.6. The maximum Gasteiger partial charge on any atom is 0.237 e. The number of aliphatic hydroxyl groups is 1. The Morgan fingerprint density at radius 2 is 2.18 bits per heavy atom. The molecule has 0 radical (unpaired) electrons. The Kier molecular flexibility index (Phi) is 6.21. The lowest BCUT2D eigenvalue weighted by atomic mass is 10.1. The Morgan fingerprint density at radius 3 is 2.82 bits per heavy atom. The first kappa shape index (κ1) is 16.8. The van der Waals surface area contributed by atoms with E-state index in [0.717, 1.165) is 31.6 Å². The van der Waals surface area contributed by atoms with Gasteiger partial charge in [0, 0.05) is 13.1 Å². The summed E-state index contributed by atoms with van der Waals surface area (Å²) in [7, 11) is 1.65. The molecule has 0 spiro atoms. The fourth-order valence-electron chi connectivity index (χ4n) is 2.77. The quantitative estimate of drug-likeness (QED) is 0.829. The normalized spacial score (nSPS) is 20.4. The van der Waals surface area contributed by atoms with Crippen molar-refractivity contribution in [2.45, 2.75) is 38.3 Å². The van der Waals surface area contributed by atoms with E-state index in [-0.39, 0.29) is 18.1 Å². The predicted molar refractivity (Wildman–Crippen MR) is 86.0 cm³/mol. The third-order valence-electron chi connectivity index (χ3n) is 4.23. The summed E-state index contributed by atoms with van der Waals surface area (Å²) in [5.41, 5.74) is 1.17. The Morgan fingerprint density at radius 1 is 1.45 bits per heavy atom. The van der Waals surface area contributed by atoms with E-state index < -0.39 is 0 Å². The lowest BCUT2D eigenvalue weighted by molar-refractivity contribution is -0.126. The molecule has 1 aromatic carbocycles. The number of carbonyl (C=O) groups is 1. The van der Waals surface area contributed by atoms with Gasteiger partial charge in [-0.25, -0.2) is 0 Å². The first-order valence-electron chi connectivity index (χ1n) is 7.93. The van der Waals surface area contributed by atoms with Crippen molar-refractivity contribution in [3.8, 4) is 5.75 Å². The lowest BCUT2D eigenvalue weighted by Gasteiger charge is -2.33. The molecule has 1 saturated heterocycles. The van der Waals surface area contributed by atoms with Crippen molar-refractivity contribution in [3.05, 3.63) is 29.8 Å². The summed E-state index contributed by atoms with van der Waals surface area (Å²) in [5.74, 6) is 0.868. The summed E-state index contributed by atoms with van der Waals surface area (Å²) < 4.78 is 5.12. The van der Waals surface area contributed by atoms with Gasteiger partial charge < -0.3 is 15.2 Å². The molecule has 2 rings (SSSR count). The van der Waals surface area contributed by atoms with Gasteiger partial charge in [-0.05, 0) is 50.4 Å². The summed E-state index contributed by atoms with van der Waals surface area (Å²) in [4.78, 5) is 14.2. The van der Waals surface area contributed by atoms with E-state index in [1.165, 1.54) is 5.56 Å². The van der Waals surface area contributed by atoms with Gasteiger partial charge in [-0.1, -0.05) is 12.1 Å². The van der Waals surface area contributed by atoms with Crippen LogP contribution in [0.25, 0.3) is 0 Å². The van der Waals surface area contributed by atoms with Crippen LogP contribution in [0.1, 0.15) is 25.3 Å². The van der Waals surface area contributed by atoms with Crippen LogP contribution in [0.2, 0.25) is 0 Å². The van der Waals surface area contributed by atoms with Gasteiger partial charge in [0.05, 0.1) is 19.3 Å². The second kappa shape index (κ2) is 8.15. The maximum atomic E-state index is 12.2. The SMILES string of the molecule is COc1ccc(CCNC(=O)C(C)N2CCCC(O)C2)cc1. The van der Waals surface area contributed by atoms with Gasteiger partial charge in [-0.15, -0.1) is 0 Å². The summed E-state index contributed by atoms with van der Waals surface area (Å²) in [6.07, 6.45) is 2.28. The number of carbonyl (C=O) groups excluding carboxylic acids is 1. The summed E-state index contributed by atoms with van der Waals surface area (Å²) in [5, 5.41) is 12.7. The van der Waals surface area contributed by atoms with Gasteiger partial charge in [0.2, 0.25) is 5.91 Å². The monoisotopic (exact) mass is 306 g/mol. The molecule has 122 valence electrons. The molecule has 2 atom stereocenters. The standard InChI is InChI=1S/C17H26N2O3/c1-13(19-11-3-4-15(20)12-19)17(21)18-10-9-14-5-7-16(22-2)8-6-14/h5-8,13,15,20H,3-4,9-12H2,1-2H3,(H,18,21). The Balaban J connectivity index is 1.74. The molecule has 0 bridgehead atoms. The van der Waals surface area contributed by atoms with E-state index in [4.69, 9.17) is 4.74 Å². The molecular formula is C17H26N2O3. The number of aliphatic hydroxyl groups excluding tert-OH is 1. The zero-order valence-electron chi connectivity index (χ0n) is 13.4. The van der Waals surface area contributed by atoms with Gasteiger partial charge in [-0.3, -0.25) is 9.69 Å². The molecular weight excluding hydrogens is 280 g/mol. The van der Waals surface area contributed by atoms with Crippen LogP contribution in [0.15, 0.2) is 24.3 Å². The molecule has 1 aliphatic heterocycles. The van der Waals surface area contributed by atoms with Crippen LogP contribution in [-0.4, -0.2) is 54.8 Å². The van der Waals surface area contributed by atoms with Gasteiger partial charge in [0.1, 0.15) is 5.75 Å². The summed E-state index contributed by atoms with van der Waals surface area (Å²) in [6.45, 7) is 3.99. The van der Waals surface area contributed by atoms with E-state index in [1.54, 1.807) is 7.11 Å². The van der Waals surface area contributed by atoms with Crippen LogP contribution in [0.5, 0.6) is 5.75 Å². The number of nitrogens with one attached hydrogen (secondary N) is 1. The van der Waals surface area contributed by atoms with Crippen molar-refractivity contribution in [1.82, 2.24) is 10.2 Å². The lowest BCUT2D eigenvalue weighted by Crippen LogP contribution is -2.50. The van der Waals surface area contributed by atoms with E-state index in [2.05, 4.69) is 10.2 Å². The number of benzene rings is 1. The predicted octanol–water partition coefficient (Wildman–Crippen LogP) is 1.20. The van der Waals surface area contributed by atoms with Crippen molar-refractivity contribution in [2.24, 2.45) is 0 Å². The number of β-amino-alcohol motifs (C(OH)–C–C–N with tert-alkyl or cyclic N) is 1. The van der Waals surface area contributed by atoms with Crippen LogP contribution in [0, 0.1) is 0 Å². The highest BCUT2D eigenvalue weighted by Gasteiger charge is 2.25. The van der Waals surface area contributed by atoms with Gasteiger partial charge in [0.15, 0.2) is 0 Å². The Labute approximate surface area is 132 Å². The van der Waals surface area contributed by atoms with E-state index in [9.17, 15) is 9.90 Å². The minimum Gasteiger partial charge on any atom is -0.497 e. The third-order valence-corrected chi connectivity index (χ3v) is 4.23. The van der Waals surface area contributed by atoms with Crippen molar-refractivity contribution in [3.63, 3.8) is 0 Å². The highest BCUT2D eigenvalue weighted by atomic mass is 16.5. The number of piperidine rings is 1. The molecule has 1 heterocycles. The molecule has 0 saturated carbocycles. The molecule has 22 heavy (non-hydrogen) atoms. The van der Waals surface area contributed by atoms with Crippen LogP contribution >= 0.6 is 0 Å². The Bertz CT molecular complexity index is 475. The molecule has 1 fully saturated rings. The van der Waals surface area contributed by atoms with E-state index in [0.29, 0.717) is 13.1 Å². The second-order valence-corrected chi connectivity index (χ2v) is 5.86. The molecule has 1 aromatic rings. The van der Waals surface area contributed by atoms with Crippen LogP contribution in [0.3, 0.4) is 0 Å². The van der Waals surface area contributed by atoms with E-state index in [1.807, 2.05) is 31.2 Å². The molecule has 1 amide bonds. The van der Waals surface area contributed by atoms with Crippen LogP contribution in [-0.2, 0) is 11.2 Å². The average molecular weight is 306 g/mol. The first-order valence-corrected chi connectivity index (χ1v) is 7.93. The fraction of sp³-hybridized carbons (Fsp3) is 0.588. The number of nitrogens with zero attached hydrogens (tertiary/aromatic N) is 1. The van der Waals surface area contributed by atoms with Crippen molar-refractivity contribution in [1.29, 1.82) is 0 Å². The van der Waals surface area contributed by atoms with Crippen molar-refractivity contribution >= 4 is 5.91 Å². The zero-order valence-corrected chi connectivity index (χ0v) is 13.4. The fourth-order valence-corrected chi connectivity index (χ4v) is 2.77. The molecule has 5 heteroatoms. The topological polar surface area (TPSA) is 61.8 Å². The summed E-state index contributed by atoms with van der Waals surface area (Å²) >= 11 is 0. The van der Waals surface area contributed by atoms with Gasteiger partial charge in [0.25, 0.3) is 0 Å². The van der Waals surface area contributed by atoms with E-state index >= 15 is 0 Å². The number of amides is 1. The van der Waals surface area contributed by atoms with Crippen LogP contribution in [0.4, 0.5) is 0 Å². The highest BCUT2D eigenvalue weighted by Crippen LogP contribution is 2.13. The second-order valence-electron chi connectivity index (χ2n) is 5.86. The van der Waals surface area contributed by atoms with Gasteiger partial charge in [-0.2, -0.15) is 0 Å². The minimum absolute atomic E-state index is 0.0302. The number of likely N-dealkylation sites (tertiary alicyclic amines) is 1. The van der Waals surface area contributed by atoms with Gasteiger partial charge >= 0.3 is 0 Å². The molecule has 2 unspecified atom stereocenters.